The average molecular weight is 354 g/mol. The van der Waals surface area contributed by atoms with Gasteiger partial charge >= 0.3 is 0 Å². The Morgan fingerprint density at radius 3 is 1.40 bits per heavy atom. The number of aliphatic hydroxyl groups is 1. The van der Waals surface area contributed by atoms with Crippen molar-refractivity contribution in [1.29, 1.82) is 0 Å². The van der Waals surface area contributed by atoms with Gasteiger partial charge in [0.1, 0.15) is 0 Å². The van der Waals surface area contributed by atoms with Gasteiger partial charge in [-0.2, -0.15) is 0 Å². The molecule has 0 aromatic carbocycles. The third-order valence-corrected chi connectivity index (χ3v) is 7.68. The standard InChI is InChI=1S/C14H17N3OP.BrH/c1-11(18)19(12-5-2-8-15-12,13-6-3-9-16-13)14-7-4-10-17-14;/h2-11,15-18H,1H3;1H/q+1;/p-1. The van der Waals surface area contributed by atoms with Crippen LogP contribution in [0.15, 0.2) is 55.0 Å². The van der Waals surface area contributed by atoms with Crippen molar-refractivity contribution in [2.75, 3.05) is 0 Å². The summed E-state index contributed by atoms with van der Waals surface area (Å²) in [6.45, 7) is 1.86. The molecule has 20 heavy (non-hydrogen) atoms. The van der Waals surface area contributed by atoms with Crippen LogP contribution in [-0.4, -0.2) is 25.9 Å². The lowest BCUT2D eigenvalue weighted by atomic mass is 10.7. The zero-order valence-electron chi connectivity index (χ0n) is 11.0. The number of aliphatic hydroxyl groups excluding tert-OH is 1. The number of nitrogens with one attached hydrogen (secondary N) is 3. The van der Waals surface area contributed by atoms with Crippen molar-refractivity contribution in [2.45, 2.75) is 12.8 Å². The van der Waals surface area contributed by atoms with Gasteiger partial charge in [0.2, 0.25) is 0 Å². The van der Waals surface area contributed by atoms with E-state index in [1.807, 2.05) is 61.9 Å². The van der Waals surface area contributed by atoms with Gasteiger partial charge in [-0.15, -0.1) is 0 Å². The number of hydrogen-bond acceptors (Lipinski definition) is 1. The van der Waals surface area contributed by atoms with Crippen molar-refractivity contribution in [2.24, 2.45) is 0 Å². The Bertz CT molecular complexity index is 533. The summed E-state index contributed by atoms with van der Waals surface area (Å²) in [5, 5.41) is 10.6. The Labute approximate surface area is 128 Å². The third kappa shape index (κ3) is 2.16. The Balaban J connectivity index is 0.00000147. The zero-order chi connectivity index (χ0) is 13.3. The zero-order valence-corrected chi connectivity index (χ0v) is 13.5. The van der Waals surface area contributed by atoms with Crippen LogP contribution in [0.1, 0.15) is 6.92 Å². The molecule has 1 atom stereocenters. The summed E-state index contributed by atoms with van der Waals surface area (Å²) in [5.74, 6) is -0.483. The Morgan fingerprint density at radius 1 is 0.850 bits per heavy atom. The summed E-state index contributed by atoms with van der Waals surface area (Å²) < 4.78 is 0. The van der Waals surface area contributed by atoms with Gasteiger partial charge in [-0.05, 0) is 25.1 Å². The van der Waals surface area contributed by atoms with Gasteiger partial charge in [-0.25, -0.2) is 0 Å². The minimum Gasteiger partial charge on any atom is -1.00 e. The molecule has 0 spiro atoms. The van der Waals surface area contributed by atoms with E-state index in [-0.39, 0.29) is 17.0 Å². The molecule has 6 heteroatoms. The lowest BCUT2D eigenvalue weighted by Crippen LogP contribution is -3.00. The number of H-pyrrole nitrogens is 3. The van der Waals surface area contributed by atoms with Crippen LogP contribution in [0.3, 0.4) is 0 Å². The van der Waals surface area contributed by atoms with Crippen molar-refractivity contribution < 1.29 is 22.1 Å². The van der Waals surface area contributed by atoms with E-state index in [1.165, 1.54) is 0 Å². The van der Waals surface area contributed by atoms with Crippen LogP contribution in [0.4, 0.5) is 0 Å². The molecule has 0 saturated carbocycles. The Hall–Kier alpha value is -1.29. The van der Waals surface area contributed by atoms with Crippen LogP contribution in [0.5, 0.6) is 0 Å². The third-order valence-electron chi connectivity index (χ3n) is 3.45. The van der Waals surface area contributed by atoms with Crippen LogP contribution < -0.4 is 33.3 Å². The number of aromatic amines is 3. The molecule has 0 fully saturated rings. The summed E-state index contributed by atoms with van der Waals surface area (Å²) >= 11 is 0. The molecule has 3 heterocycles. The minimum atomic E-state index is -2.09. The first kappa shape index (κ1) is 15.1. The molecule has 4 nitrogen and oxygen atoms in total. The van der Waals surface area contributed by atoms with Gasteiger partial charge < -0.3 is 37.0 Å². The summed E-state index contributed by atoms with van der Waals surface area (Å²) in [7, 11) is -2.09. The topological polar surface area (TPSA) is 67.6 Å². The summed E-state index contributed by atoms with van der Waals surface area (Å²) in [5.41, 5.74) is 3.19. The normalized spacial score (nSPS) is 12.9. The maximum atomic E-state index is 10.6. The van der Waals surface area contributed by atoms with Gasteiger partial charge in [0, 0.05) is 36.8 Å². The molecule has 1 unspecified atom stereocenters. The second kappa shape index (κ2) is 6.00. The van der Waals surface area contributed by atoms with Gasteiger partial charge in [0.05, 0.1) is 0 Å². The van der Waals surface area contributed by atoms with Crippen LogP contribution in [0.25, 0.3) is 0 Å². The largest absolute Gasteiger partial charge is 1.00 e. The molecule has 4 N–H and O–H groups in total. The molecule has 3 rings (SSSR count). The predicted molar refractivity (Wildman–Crippen MR) is 79.9 cm³/mol. The maximum absolute atomic E-state index is 10.6. The molecule has 0 bridgehead atoms. The van der Waals surface area contributed by atoms with Crippen LogP contribution >= 0.6 is 7.26 Å². The molecular weight excluding hydrogens is 337 g/mol. The van der Waals surface area contributed by atoms with E-state index >= 15 is 0 Å². The average Bonchev–Trinajstić information content (AvgIpc) is 3.15. The second-order valence-corrected chi connectivity index (χ2v) is 8.16. The monoisotopic (exact) mass is 353 g/mol. The predicted octanol–water partition coefficient (Wildman–Crippen LogP) is -1.69. The van der Waals surface area contributed by atoms with Crippen molar-refractivity contribution in [3.05, 3.63) is 55.0 Å². The van der Waals surface area contributed by atoms with Crippen molar-refractivity contribution in [3.63, 3.8) is 0 Å². The number of rotatable bonds is 4. The molecule has 3 aromatic rings. The van der Waals surface area contributed by atoms with E-state index in [9.17, 15) is 5.11 Å². The highest BCUT2D eigenvalue weighted by molar-refractivity contribution is 7.95. The smallest absolute Gasteiger partial charge is 0.193 e. The molecule has 3 aromatic heterocycles. The quantitative estimate of drug-likeness (QED) is 0.415. The highest BCUT2D eigenvalue weighted by Crippen LogP contribution is 2.57. The number of aromatic nitrogens is 3. The Morgan fingerprint density at radius 2 is 1.20 bits per heavy atom. The first-order valence-corrected chi connectivity index (χ1v) is 8.10. The molecule has 0 radical (unpaired) electrons. The number of halogens is 1. The van der Waals surface area contributed by atoms with E-state index in [0.29, 0.717) is 0 Å². The van der Waals surface area contributed by atoms with E-state index in [0.717, 1.165) is 16.3 Å². The maximum Gasteiger partial charge on any atom is 0.193 e. The van der Waals surface area contributed by atoms with E-state index < -0.39 is 13.1 Å². The molecule has 106 valence electrons. The number of hydrogen-bond donors (Lipinski definition) is 4. The van der Waals surface area contributed by atoms with Crippen LogP contribution in [-0.2, 0) is 0 Å². The molecular formula is C14H17BrN3OP. The fourth-order valence-electron chi connectivity index (χ4n) is 2.61. The summed E-state index contributed by atoms with van der Waals surface area (Å²) in [4.78, 5) is 9.86. The lowest BCUT2D eigenvalue weighted by Gasteiger charge is -2.25. The van der Waals surface area contributed by atoms with E-state index in [1.54, 1.807) is 0 Å². The van der Waals surface area contributed by atoms with Gasteiger partial charge in [-0.1, -0.05) is 0 Å². The van der Waals surface area contributed by atoms with Gasteiger partial charge in [0.15, 0.2) is 29.4 Å². The van der Waals surface area contributed by atoms with Gasteiger partial charge in [-0.3, -0.25) is 0 Å². The molecule has 0 amide bonds. The van der Waals surface area contributed by atoms with Crippen LogP contribution in [0, 0.1) is 0 Å². The first-order chi connectivity index (χ1) is 9.26. The van der Waals surface area contributed by atoms with Crippen molar-refractivity contribution in [3.8, 4) is 0 Å². The minimum absolute atomic E-state index is 0. The SMILES string of the molecule is CC(O)[P+](c1ccc[nH]1)(c1ccc[nH]1)c1ccc[nH]1.[Br-]. The second-order valence-electron chi connectivity index (χ2n) is 4.52. The fourth-order valence-corrected chi connectivity index (χ4v) is 6.40. The van der Waals surface area contributed by atoms with Gasteiger partial charge in [0.25, 0.3) is 0 Å². The highest BCUT2D eigenvalue weighted by atomic mass is 79.9. The van der Waals surface area contributed by atoms with E-state index in [2.05, 4.69) is 15.0 Å². The molecule has 0 aliphatic heterocycles. The van der Waals surface area contributed by atoms with Crippen molar-refractivity contribution >= 4 is 23.6 Å². The lowest BCUT2D eigenvalue weighted by molar-refractivity contribution is -0.00000537. The highest BCUT2D eigenvalue weighted by Gasteiger charge is 2.53. The Kier molecular flexibility index (Phi) is 4.53. The first-order valence-electron chi connectivity index (χ1n) is 6.25. The summed E-state index contributed by atoms with van der Waals surface area (Å²) in [6, 6.07) is 12.0. The van der Waals surface area contributed by atoms with Crippen LogP contribution in [0.2, 0.25) is 0 Å². The van der Waals surface area contributed by atoms with E-state index in [4.69, 9.17) is 0 Å². The summed E-state index contributed by atoms with van der Waals surface area (Å²) in [6.07, 6.45) is 5.70. The molecule has 0 aliphatic rings. The fraction of sp³-hybridized carbons (Fsp3) is 0.143. The van der Waals surface area contributed by atoms with Crippen molar-refractivity contribution in [1.82, 2.24) is 15.0 Å². The molecule has 0 aliphatic carbocycles. The molecule has 0 saturated heterocycles.